The second-order valence-electron chi connectivity index (χ2n) is 4.80. The Balaban J connectivity index is 5.77. The summed E-state index contributed by atoms with van der Waals surface area (Å²) < 4.78 is 102. The number of hydrogen-bond donors (Lipinski definition) is 0. The van der Waals surface area contributed by atoms with E-state index >= 15 is 0 Å². The SMILES string of the molecule is CCOP(=O)(OCC)[C@@](C)(CC)OC(=O)C(C(F)(F)F)C(F)(F)F. The predicted molar refractivity (Wildman–Crippen MR) is 71.2 cm³/mol. The van der Waals surface area contributed by atoms with E-state index in [-0.39, 0.29) is 13.2 Å². The standard InChI is InChI=1S/C12H19F6O5P/c1-5-10(4,24(20,21-6-2)22-7-3)23-9(19)8(11(13,14)15)12(16,17)18/h8H,5-7H2,1-4H3/t10-/m0/s1. The fraction of sp³-hybridized carbons (Fsp3) is 0.917. The number of hydrogen-bond acceptors (Lipinski definition) is 5. The summed E-state index contributed by atoms with van der Waals surface area (Å²) in [5, 5.41) is -2.30. The number of halogens is 6. The lowest BCUT2D eigenvalue weighted by atomic mass is 10.1. The van der Waals surface area contributed by atoms with E-state index in [0.717, 1.165) is 6.92 Å². The van der Waals surface area contributed by atoms with Crippen LogP contribution in [0.2, 0.25) is 0 Å². The van der Waals surface area contributed by atoms with Crippen molar-refractivity contribution < 1.29 is 49.5 Å². The van der Waals surface area contributed by atoms with E-state index in [1.165, 1.54) is 20.8 Å². The van der Waals surface area contributed by atoms with Crippen molar-refractivity contribution in [1.82, 2.24) is 0 Å². The van der Waals surface area contributed by atoms with Crippen molar-refractivity contribution in [3.63, 3.8) is 0 Å². The van der Waals surface area contributed by atoms with E-state index in [4.69, 9.17) is 9.05 Å². The van der Waals surface area contributed by atoms with Gasteiger partial charge in [-0.25, -0.2) is 0 Å². The molecule has 0 amide bonds. The summed E-state index contributed by atoms with van der Waals surface area (Å²) >= 11 is 0. The van der Waals surface area contributed by atoms with Crippen LogP contribution >= 0.6 is 7.60 Å². The molecule has 0 unspecified atom stereocenters. The van der Waals surface area contributed by atoms with Crippen molar-refractivity contribution in [2.75, 3.05) is 13.2 Å². The molecule has 0 aliphatic carbocycles. The van der Waals surface area contributed by atoms with Crippen LogP contribution in [0.25, 0.3) is 0 Å². The second kappa shape index (κ2) is 8.05. The topological polar surface area (TPSA) is 61.8 Å². The van der Waals surface area contributed by atoms with Crippen molar-refractivity contribution >= 4 is 13.6 Å². The Labute approximate surface area is 135 Å². The minimum atomic E-state index is -5.91. The average molecular weight is 388 g/mol. The van der Waals surface area contributed by atoms with Crippen LogP contribution in [0.15, 0.2) is 0 Å². The summed E-state index contributed by atoms with van der Waals surface area (Å²) in [7, 11) is -4.32. The van der Waals surface area contributed by atoms with Gasteiger partial charge >= 0.3 is 25.9 Å². The fourth-order valence-electron chi connectivity index (χ4n) is 1.70. The molecule has 12 heteroatoms. The summed E-state index contributed by atoms with van der Waals surface area (Å²) in [6.07, 6.45) is -12.2. The molecule has 0 saturated carbocycles. The summed E-state index contributed by atoms with van der Waals surface area (Å²) in [5.74, 6) is -6.97. The van der Waals surface area contributed by atoms with Crippen LogP contribution in [0.3, 0.4) is 0 Å². The quantitative estimate of drug-likeness (QED) is 0.344. The lowest BCUT2D eigenvalue weighted by molar-refractivity contribution is -0.284. The van der Waals surface area contributed by atoms with E-state index in [0.29, 0.717) is 0 Å². The number of ether oxygens (including phenoxy) is 1. The van der Waals surface area contributed by atoms with E-state index in [1.807, 2.05) is 0 Å². The number of rotatable bonds is 8. The van der Waals surface area contributed by atoms with Crippen molar-refractivity contribution in [2.24, 2.45) is 5.92 Å². The maximum atomic E-state index is 12.6. The number of carbonyl (C=O) groups excluding carboxylic acids is 1. The zero-order chi connectivity index (χ0) is 19.4. The van der Waals surface area contributed by atoms with E-state index in [9.17, 15) is 35.7 Å². The van der Waals surface area contributed by atoms with Gasteiger partial charge in [-0.1, -0.05) is 6.92 Å². The molecular formula is C12H19F6O5P. The van der Waals surface area contributed by atoms with Crippen LogP contribution in [0, 0.1) is 5.92 Å². The van der Waals surface area contributed by atoms with Gasteiger partial charge in [-0.2, -0.15) is 26.3 Å². The van der Waals surface area contributed by atoms with Crippen LogP contribution in [-0.2, 0) is 23.1 Å². The normalized spacial score (nSPS) is 16.1. The third-order valence-corrected chi connectivity index (χ3v) is 5.81. The van der Waals surface area contributed by atoms with Gasteiger partial charge in [-0.05, 0) is 27.2 Å². The molecule has 1 atom stereocenters. The zero-order valence-electron chi connectivity index (χ0n) is 13.5. The van der Waals surface area contributed by atoms with Crippen LogP contribution in [0.1, 0.15) is 34.1 Å². The van der Waals surface area contributed by atoms with E-state index < -0.39 is 43.6 Å². The molecule has 24 heavy (non-hydrogen) atoms. The van der Waals surface area contributed by atoms with Crippen molar-refractivity contribution in [2.45, 2.75) is 51.8 Å². The first-order valence-electron chi connectivity index (χ1n) is 6.94. The molecule has 0 heterocycles. The van der Waals surface area contributed by atoms with Gasteiger partial charge in [0.05, 0.1) is 13.2 Å². The third-order valence-electron chi connectivity index (χ3n) is 3.04. The first-order chi connectivity index (χ1) is 10.7. The molecule has 0 fully saturated rings. The summed E-state index contributed by atoms with van der Waals surface area (Å²) in [6.45, 7) is 4.50. The van der Waals surface area contributed by atoms with Crippen LogP contribution in [0.4, 0.5) is 26.3 Å². The molecule has 0 bridgehead atoms. The smallest absolute Gasteiger partial charge is 0.411 e. The van der Waals surface area contributed by atoms with Crippen LogP contribution in [0.5, 0.6) is 0 Å². The first kappa shape index (κ1) is 23.2. The van der Waals surface area contributed by atoms with E-state index in [2.05, 4.69) is 4.74 Å². The Morgan fingerprint density at radius 1 is 0.958 bits per heavy atom. The highest BCUT2D eigenvalue weighted by Crippen LogP contribution is 2.62. The lowest BCUT2D eigenvalue weighted by Gasteiger charge is -2.35. The first-order valence-corrected chi connectivity index (χ1v) is 8.48. The molecule has 0 N–H and O–H groups in total. The Morgan fingerprint density at radius 3 is 1.58 bits per heavy atom. The number of esters is 1. The van der Waals surface area contributed by atoms with Crippen molar-refractivity contribution in [3.05, 3.63) is 0 Å². The van der Waals surface area contributed by atoms with Gasteiger partial charge in [0.1, 0.15) is 0 Å². The monoisotopic (exact) mass is 388 g/mol. The summed E-state index contributed by atoms with van der Waals surface area (Å²) in [4.78, 5) is 11.6. The maximum Gasteiger partial charge on any atom is 0.411 e. The summed E-state index contributed by atoms with van der Waals surface area (Å²) in [6, 6.07) is 0. The Kier molecular flexibility index (Phi) is 7.78. The molecule has 5 nitrogen and oxygen atoms in total. The maximum absolute atomic E-state index is 12.6. The molecule has 0 aromatic carbocycles. The minimum absolute atomic E-state index is 0.216. The van der Waals surface area contributed by atoms with Crippen molar-refractivity contribution in [3.8, 4) is 0 Å². The average Bonchev–Trinajstić information content (AvgIpc) is 2.35. The molecule has 0 rings (SSSR count). The van der Waals surface area contributed by atoms with Gasteiger partial charge in [-0.3, -0.25) is 9.36 Å². The van der Waals surface area contributed by atoms with Crippen LogP contribution < -0.4 is 0 Å². The van der Waals surface area contributed by atoms with Gasteiger partial charge in [0.2, 0.25) is 11.3 Å². The molecule has 0 saturated heterocycles. The van der Waals surface area contributed by atoms with Gasteiger partial charge in [0.15, 0.2) is 0 Å². The molecule has 0 aromatic rings. The number of carbonyl (C=O) groups is 1. The molecule has 144 valence electrons. The summed E-state index contributed by atoms with van der Waals surface area (Å²) in [5.41, 5.74) is 0. The Morgan fingerprint density at radius 2 is 1.33 bits per heavy atom. The molecule has 0 aliphatic rings. The second-order valence-corrected chi connectivity index (χ2v) is 7.26. The van der Waals surface area contributed by atoms with Crippen LogP contribution in [-0.4, -0.2) is 36.9 Å². The van der Waals surface area contributed by atoms with Gasteiger partial charge in [0, 0.05) is 0 Å². The molecule has 0 aromatic heterocycles. The molecule has 0 aliphatic heterocycles. The highest BCUT2D eigenvalue weighted by Gasteiger charge is 2.64. The molecular weight excluding hydrogens is 369 g/mol. The largest absolute Gasteiger partial charge is 0.446 e. The Bertz CT molecular complexity index is 454. The minimum Gasteiger partial charge on any atom is -0.446 e. The number of alkyl halides is 6. The van der Waals surface area contributed by atoms with Gasteiger partial charge < -0.3 is 13.8 Å². The third kappa shape index (κ3) is 5.35. The van der Waals surface area contributed by atoms with Gasteiger partial charge in [-0.15, -0.1) is 0 Å². The Hall–Kier alpha value is -0.800. The van der Waals surface area contributed by atoms with E-state index in [1.54, 1.807) is 0 Å². The zero-order valence-corrected chi connectivity index (χ0v) is 14.3. The highest BCUT2D eigenvalue weighted by molar-refractivity contribution is 7.55. The molecule has 0 spiro atoms. The highest BCUT2D eigenvalue weighted by atomic mass is 31.2. The lowest BCUT2D eigenvalue weighted by Crippen LogP contribution is -2.46. The molecule has 0 radical (unpaired) electrons. The van der Waals surface area contributed by atoms with Gasteiger partial charge in [0.25, 0.3) is 0 Å². The fourth-order valence-corrected chi connectivity index (χ4v) is 3.59. The van der Waals surface area contributed by atoms with Crippen molar-refractivity contribution in [1.29, 1.82) is 0 Å². The predicted octanol–water partition coefficient (Wildman–Crippen LogP) is 4.66.